The van der Waals surface area contributed by atoms with Crippen LogP contribution in [0.15, 0.2) is 18.2 Å². The van der Waals surface area contributed by atoms with Gasteiger partial charge in [-0.15, -0.1) is 0 Å². The van der Waals surface area contributed by atoms with Crippen molar-refractivity contribution in [2.24, 2.45) is 0 Å². The van der Waals surface area contributed by atoms with E-state index < -0.39 is 0 Å². The number of aldehydes is 1. The second-order valence-electron chi connectivity index (χ2n) is 2.52. The molecule has 0 atom stereocenters. The number of rotatable bonds is 1. The Morgan fingerprint density at radius 1 is 1.50 bits per heavy atom. The summed E-state index contributed by atoms with van der Waals surface area (Å²) in [5.74, 6) is 5.26. The van der Waals surface area contributed by atoms with E-state index in [1.54, 1.807) is 6.07 Å². The van der Waals surface area contributed by atoms with Crippen molar-refractivity contribution in [2.45, 2.75) is 6.42 Å². The topological polar surface area (TPSA) is 61.1 Å². The van der Waals surface area contributed by atoms with Crippen molar-refractivity contribution in [1.29, 1.82) is 5.26 Å². The number of nitriles is 1. The van der Waals surface area contributed by atoms with Gasteiger partial charge in [-0.2, -0.15) is 5.26 Å². The van der Waals surface area contributed by atoms with E-state index in [9.17, 15) is 9.90 Å². The normalized spacial score (nSPS) is 8.21. The molecule has 0 aromatic heterocycles. The zero-order valence-corrected chi connectivity index (χ0v) is 7.32. The Morgan fingerprint density at radius 3 is 2.93 bits per heavy atom. The van der Waals surface area contributed by atoms with Crippen LogP contribution in [0.25, 0.3) is 0 Å². The molecule has 0 bridgehead atoms. The van der Waals surface area contributed by atoms with Gasteiger partial charge in [-0.3, -0.25) is 0 Å². The number of phenols is 1. The number of hydrogen-bond acceptors (Lipinski definition) is 3. The third kappa shape index (κ3) is 2.36. The average Bonchev–Trinajstić information content (AvgIpc) is 2.21. The number of hydrogen-bond donors (Lipinski definition) is 1. The molecule has 1 aromatic carbocycles. The van der Waals surface area contributed by atoms with Gasteiger partial charge in [0.25, 0.3) is 0 Å². The minimum Gasteiger partial charge on any atom is -0.507 e. The van der Waals surface area contributed by atoms with E-state index in [1.807, 2.05) is 6.07 Å². The fraction of sp³-hybridized carbons (Fsp3) is 0.0909. The molecular weight excluding hydrogens is 178 g/mol. The summed E-state index contributed by atoms with van der Waals surface area (Å²) in [5.41, 5.74) is 0.795. The highest BCUT2D eigenvalue weighted by Gasteiger charge is 1.98. The van der Waals surface area contributed by atoms with Crippen molar-refractivity contribution in [3.05, 3.63) is 29.3 Å². The lowest BCUT2D eigenvalue weighted by Crippen LogP contribution is -1.80. The monoisotopic (exact) mass is 185 g/mol. The standard InChI is InChI=1S/C11H7NO2/c12-8-10-7-9(3-1-2-6-13)4-5-11(10)14/h4-7,14H,2H2. The summed E-state index contributed by atoms with van der Waals surface area (Å²) < 4.78 is 0. The molecule has 0 fully saturated rings. The fourth-order valence-corrected chi connectivity index (χ4v) is 0.898. The molecule has 14 heavy (non-hydrogen) atoms. The van der Waals surface area contributed by atoms with Crippen molar-refractivity contribution >= 4 is 6.29 Å². The zero-order valence-electron chi connectivity index (χ0n) is 7.32. The Hall–Kier alpha value is -2.26. The van der Waals surface area contributed by atoms with Crippen LogP contribution in [-0.4, -0.2) is 11.4 Å². The van der Waals surface area contributed by atoms with Gasteiger partial charge in [0.2, 0.25) is 0 Å². The molecule has 68 valence electrons. The number of carbonyl (C=O) groups is 1. The summed E-state index contributed by atoms with van der Waals surface area (Å²) in [6.07, 6.45) is 0.876. The van der Waals surface area contributed by atoms with Crippen molar-refractivity contribution in [3.63, 3.8) is 0 Å². The van der Waals surface area contributed by atoms with Crippen LogP contribution in [0.5, 0.6) is 5.75 Å². The maximum absolute atomic E-state index is 9.98. The first-order valence-electron chi connectivity index (χ1n) is 3.93. The number of phenolic OH excluding ortho intramolecular Hbond substituents is 1. The smallest absolute Gasteiger partial charge is 0.133 e. The lowest BCUT2D eigenvalue weighted by molar-refractivity contribution is -0.107. The van der Waals surface area contributed by atoms with Gasteiger partial charge in [-0.25, -0.2) is 0 Å². The van der Waals surface area contributed by atoms with Crippen LogP contribution in [0.3, 0.4) is 0 Å². The van der Waals surface area contributed by atoms with Crippen molar-refractivity contribution in [2.75, 3.05) is 0 Å². The van der Waals surface area contributed by atoms with Gasteiger partial charge in [0.1, 0.15) is 18.1 Å². The molecule has 0 radical (unpaired) electrons. The summed E-state index contributed by atoms with van der Waals surface area (Å²) in [4.78, 5) is 9.98. The second kappa shape index (κ2) is 4.69. The van der Waals surface area contributed by atoms with E-state index in [0.717, 1.165) is 0 Å². The summed E-state index contributed by atoms with van der Waals surface area (Å²) in [5, 5.41) is 17.8. The van der Waals surface area contributed by atoms with E-state index in [1.165, 1.54) is 12.1 Å². The Kier molecular flexibility index (Phi) is 3.29. The van der Waals surface area contributed by atoms with Crippen LogP contribution in [0.4, 0.5) is 0 Å². The molecule has 3 nitrogen and oxygen atoms in total. The minimum atomic E-state index is -0.0616. The Balaban J connectivity index is 2.98. The highest BCUT2D eigenvalue weighted by molar-refractivity contribution is 5.55. The van der Waals surface area contributed by atoms with Gasteiger partial charge < -0.3 is 9.90 Å². The molecule has 0 aliphatic heterocycles. The first-order valence-corrected chi connectivity index (χ1v) is 3.93. The molecular formula is C11H7NO2. The van der Waals surface area contributed by atoms with Crippen LogP contribution < -0.4 is 0 Å². The maximum atomic E-state index is 9.98. The molecule has 1 rings (SSSR count). The van der Waals surface area contributed by atoms with E-state index >= 15 is 0 Å². The second-order valence-corrected chi connectivity index (χ2v) is 2.52. The molecule has 0 aliphatic carbocycles. The first-order chi connectivity index (χ1) is 6.77. The largest absolute Gasteiger partial charge is 0.507 e. The Labute approximate surface area is 81.6 Å². The number of aromatic hydroxyl groups is 1. The molecule has 0 saturated heterocycles. The molecule has 0 heterocycles. The van der Waals surface area contributed by atoms with Crippen LogP contribution in [0, 0.1) is 23.2 Å². The molecule has 1 aromatic rings. The molecule has 1 N–H and O–H groups in total. The van der Waals surface area contributed by atoms with Gasteiger partial charge in [-0.1, -0.05) is 11.8 Å². The predicted molar refractivity (Wildman–Crippen MR) is 50.4 cm³/mol. The third-order valence-corrected chi connectivity index (χ3v) is 1.54. The van der Waals surface area contributed by atoms with Gasteiger partial charge >= 0.3 is 0 Å². The van der Waals surface area contributed by atoms with E-state index in [4.69, 9.17) is 5.26 Å². The summed E-state index contributed by atoms with van der Waals surface area (Å²) in [6.45, 7) is 0. The quantitative estimate of drug-likeness (QED) is 0.528. The lowest BCUT2D eigenvalue weighted by atomic mass is 10.1. The number of nitrogens with zero attached hydrogens (tertiary/aromatic N) is 1. The van der Waals surface area contributed by atoms with E-state index in [0.29, 0.717) is 11.8 Å². The van der Waals surface area contributed by atoms with Crippen LogP contribution >= 0.6 is 0 Å². The molecule has 0 unspecified atom stereocenters. The zero-order chi connectivity index (χ0) is 10.4. The maximum Gasteiger partial charge on any atom is 0.133 e. The molecule has 0 aliphatic rings. The van der Waals surface area contributed by atoms with E-state index in [-0.39, 0.29) is 17.7 Å². The number of benzene rings is 1. The minimum absolute atomic E-state index is 0.0616. The van der Waals surface area contributed by atoms with Gasteiger partial charge in [0.15, 0.2) is 0 Å². The van der Waals surface area contributed by atoms with Gasteiger partial charge in [0.05, 0.1) is 12.0 Å². The van der Waals surface area contributed by atoms with Crippen molar-refractivity contribution in [1.82, 2.24) is 0 Å². The summed E-state index contributed by atoms with van der Waals surface area (Å²) >= 11 is 0. The molecule has 0 saturated carbocycles. The SMILES string of the molecule is N#Cc1cc(C#CCC=O)ccc1O. The highest BCUT2D eigenvalue weighted by atomic mass is 16.3. The molecule has 0 amide bonds. The van der Waals surface area contributed by atoms with Crippen LogP contribution in [0.2, 0.25) is 0 Å². The first kappa shape index (κ1) is 9.83. The van der Waals surface area contributed by atoms with Crippen molar-refractivity contribution < 1.29 is 9.90 Å². The predicted octanol–water partition coefficient (Wildman–Crippen LogP) is 1.20. The Morgan fingerprint density at radius 2 is 2.29 bits per heavy atom. The molecule has 3 heteroatoms. The third-order valence-electron chi connectivity index (χ3n) is 1.54. The fourth-order valence-electron chi connectivity index (χ4n) is 0.898. The van der Waals surface area contributed by atoms with Crippen molar-refractivity contribution in [3.8, 4) is 23.7 Å². The molecule has 0 spiro atoms. The van der Waals surface area contributed by atoms with Crippen LogP contribution in [0.1, 0.15) is 17.5 Å². The highest BCUT2D eigenvalue weighted by Crippen LogP contribution is 2.16. The average molecular weight is 185 g/mol. The lowest BCUT2D eigenvalue weighted by Gasteiger charge is -1.95. The summed E-state index contributed by atoms with van der Waals surface area (Å²) in [7, 11) is 0. The van der Waals surface area contributed by atoms with Gasteiger partial charge in [0, 0.05) is 5.56 Å². The van der Waals surface area contributed by atoms with Gasteiger partial charge in [-0.05, 0) is 18.2 Å². The van der Waals surface area contributed by atoms with Crippen LogP contribution in [-0.2, 0) is 4.79 Å². The Bertz CT molecular complexity index is 447. The van der Waals surface area contributed by atoms with E-state index in [2.05, 4.69) is 11.8 Å². The summed E-state index contributed by atoms with van der Waals surface area (Å²) in [6, 6.07) is 6.32. The number of carbonyl (C=O) groups excluding carboxylic acids is 1.